The summed E-state index contributed by atoms with van der Waals surface area (Å²) >= 11 is 0. The monoisotopic (exact) mass is 466 g/mol. The molecule has 34 heavy (non-hydrogen) atoms. The summed E-state index contributed by atoms with van der Waals surface area (Å²) in [6.07, 6.45) is 18.6. The van der Waals surface area contributed by atoms with E-state index < -0.39 is 0 Å². The Hall–Kier alpha value is -1.05. The lowest BCUT2D eigenvalue weighted by atomic mass is 9.34. The van der Waals surface area contributed by atoms with Crippen LogP contribution in [0.4, 0.5) is 0 Å². The highest BCUT2D eigenvalue weighted by Crippen LogP contribution is 2.75. The maximum Gasteiger partial charge on any atom is 0.311 e. The Kier molecular flexibility index (Phi) is 5.42. The van der Waals surface area contributed by atoms with Crippen molar-refractivity contribution in [3.05, 3.63) is 23.8 Å². The summed E-state index contributed by atoms with van der Waals surface area (Å²) in [6.45, 7) is 20.0. The Morgan fingerprint density at radius 2 is 1.68 bits per heavy atom. The van der Waals surface area contributed by atoms with Gasteiger partial charge in [0.25, 0.3) is 0 Å². The third-order valence-corrected chi connectivity index (χ3v) is 12.9. The van der Waals surface area contributed by atoms with E-state index in [1.165, 1.54) is 38.5 Å². The summed E-state index contributed by atoms with van der Waals surface area (Å²) in [5.74, 6) is 2.06. The minimum absolute atomic E-state index is 0.0362. The van der Waals surface area contributed by atoms with Gasteiger partial charge in [0.15, 0.2) is 0 Å². The van der Waals surface area contributed by atoms with Gasteiger partial charge < -0.3 is 4.74 Å². The van der Waals surface area contributed by atoms with Crippen LogP contribution in [0.3, 0.4) is 0 Å². The largest absolute Gasteiger partial charge is 0.466 e. The second-order valence-corrected chi connectivity index (χ2v) is 14.9. The van der Waals surface area contributed by atoms with Crippen LogP contribution >= 0.6 is 0 Å². The van der Waals surface area contributed by atoms with Crippen LogP contribution in [0.5, 0.6) is 0 Å². The molecule has 5 aliphatic rings. The average Bonchev–Trinajstić information content (AvgIpc) is 2.75. The predicted octanol–water partition coefficient (Wildman–Crippen LogP) is 8.52. The molecule has 2 heteroatoms. The molecule has 5 aliphatic carbocycles. The van der Waals surface area contributed by atoms with Gasteiger partial charge in [-0.1, -0.05) is 65.3 Å². The molecule has 0 aromatic carbocycles. The molecule has 0 radical (unpaired) electrons. The first-order valence-electron chi connectivity index (χ1n) is 14.3. The van der Waals surface area contributed by atoms with E-state index in [4.69, 9.17) is 4.74 Å². The van der Waals surface area contributed by atoms with Crippen molar-refractivity contribution in [2.45, 2.75) is 113 Å². The summed E-state index contributed by atoms with van der Waals surface area (Å²) in [5.41, 5.74) is 2.98. The zero-order chi connectivity index (χ0) is 24.8. The fourth-order valence-corrected chi connectivity index (χ4v) is 10.4. The number of ether oxygens (including phenoxy) is 1. The highest BCUT2D eigenvalue weighted by atomic mass is 16.5. The molecule has 3 saturated carbocycles. The van der Waals surface area contributed by atoms with Crippen molar-refractivity contribution in [2.24, 2.45) is 50.2 Å². The van der Waals surface area contributed by atoms with Crippen molar-refractivity contribution in [3.8, 4) is 0 Å². The number of carbonyl (C=O) groups is 1. The van der Waals surface area contributed by atoms with Crippen LogP contribution < -0.4 is 0 Å². The Bertz CT molecular complexity index is 927. The number of allylic oxidation sites excluding steroid dienone is 4. The molecule has 190 valence electrons. The molecule has 3 fully saturated rings. The van der Waals surface area contributed by atoms with Crippen molar-refractivity contribution >= 4 is 5.97 Å². The number of carbonyl (C=O) groups excluding carboxylic acids is 1. The number of hydrogen-bond donors (Lipinski definition) is 0. The van der Waals surface area contributed by atoms with Crippen LogP contribution in [0.15, 0.2) is 23.8 Å². The third-order valence-electron chi connectivity index (χ3n) is 12.9. The molecule has 0 aromatic rings. The number of fused-ring (bicyclic) bond motifs is 7. The molecule has 8 atom stereocenters. The van der Waals surface area contributed by atoms with Crippen LogP contribution in [0.1, 0.15) is 113 Å². The Morgan fingerprint density at radius 3 is 2.38 bits per heavy atom. The molecule has 0 spiro atoms. The van der Waals surface area contributed by atoms with Crippen molar-refractivity contribution in [2.75, 3.05) is 6.61 Å². The molecule has 0 saturated heterocycles. The second-order valence-electron chi connectivity index (χ2n) is 14.9. The van der Waals surface area contributed by atoms with E-state index in [0.29, 0.717) is 34.2 Å². The van der Waals surface area contributed by atoms with Crippen molar-refractivity contribution in [1.29, 1.82) is 0 Å². The zero-order valence-electron chi connectivity index (χ0n) is 23.4. The molecule has 0 heterocycles. The van der Waals surface area contributed by atoms with E-state index in [0.717, 1.165) is 31.1 Å². The zero-order valence-corrected chi connectivity index (χ0v) is 23.4. The summed E-state index contributed by atoms with van der Waals surface area (Å²) in [4.78, 5) is 13.0. The van der Waals surface area contributed by atoms with E-state index in [2.05, 4.69) is 66.7 Å². The van der Waals surface area contributed by atoms with Gasteiger partial charge in [-0.05, 0) is 116 Å². The van der Waals surface area contributed by atoms with Gasteiger partial charge in [0.1, 0.15) is 0 Å². The van der Waals surface area contributed by atoms with Crippen molar-refractivity contribution < 1.29 is 9.53 Å². The maximum absolute atomic E-state index is 13.0. The van der Waals surface area contributed by atoms with Gasteiger partial charge in [-0.15, -0.1) is 0 Å². The number of esters is 1. The first kappa shape index (κ1) is 24.6. The summed E-state index contributed by atoms with van der Waals surface area (Å²) in [5, 5.41) is 0. The molecule has 0 aromatic heterocycles. The number of rotatable bonds is 2. The number of hydrogen-bond acceptors (Lipinski definition) is 2. The molecule has 0 bridgehead atoms. The van der Waals surface area contributed by atoms with Crippen LogP contribution in [-0.4, -0.2) is 12.6 Å². The summed E-state index contributed by atoms with van der Waals surface area (Å²) in [7, 11) is 0. The maximum atomic E-state index is 13.0. The van der Waals surface area contributed by atoms with Crippen molar-refractivity contribution in [3.63, 3.8) is 0 Å². The molecular formula is C32H50O2. The Labute approximate surface area is 209 Å². The average molecular weight is 467 g/mol. The van der Waals surface area contributed by atoms with E-state index in [-0.39, 0.29) is 16.8 Å². The smallest absolute Gasteiger partial charge is 0.311 e. The first-order valence-corrected chi connectivity index (χ1v) is 14.3. The molecule has 0 aliphatic heterocycles. The van der Waals surface area contributed by atoms with Gasteiger partial charge in [-0.25, -0.2) is 0 Å². The lowest BCUT2D eigenvalue weighted by Crippen LogP contribution is -2.62. The lowest BCUT2D eigenvalue weighted by molar-refractivity contribution is -0.170. The van der Waals surface area contributed by atoms with Gasteiger partial charge >= 0.3 is 5.97 Å². The van der Waals surface area contributed by atoms with E-state index in [1.54, 1.807) is 5.57 Å². The topological polar surface area (TPSA) is 26.3 Å². The van der Waals surface area contributed by atoms with Gasteiger partial charge in [0.05, 0.1) is 12.0 Å². The molecular weight excluding hydrogens is 416 g/mol. The van der Waals surface area contributed by atoms with Crippen LogP contribution in [0.2, 0.25) is 0 Å². The normalized spacial score (nSPS) is 51.3. The van der Waals surface area contributed by atoms with E-state index in [9.17, 15) is 4.79 Å². The standard InChI is InChI=1S/C32H50O2/c1-9-34-26(33)29(5)18-17-28(4)19-20-31(7)22(23(28)21-29)11-12-25-30(6)15-10-14-27(2,3)24(30)13-16-32(25,31)8/h10-11,14,23-25H,9,12-13,15-21H2,1-8H3/t23?,24?,25?,28-,29+,30+,31-,32-/m1/s1. The SMILES string of the molecule is CCOC(=O)[C@@]1(C)CC[C@]2(C)CC[C@]3(C)C(=CCC4[C@@]5(C)CC=CC(C)(C)C5CC[C@]43C)C2C1. The second kappa shape index (κ2) is 7.48. The van der Waals surface area contributed by atoms with Gasteiger partial charge in [0, 0.05) is 0 Å². The van der Waals surface area contributed by atoms with Crippen LogP contribution in [-0.2, 0) is 9.53 Å². The first-order chi connectivity index (χ1) is 15.8. The fraction of sp³-hybridized carbons (Fsp3) is 0.844. The van der Waals surface area contributed by atoms with Crippen LogP contribution in [0.25, 0.3) is 0 Å². The highest BCUT2D eigenvalue weighted by Gasteiger charge is 2.67. The van der Waals surface area contributed by atoms with Gasteiger partial charge in [-0.3, -0.25) is 4.79 Å². The predicted molar refractivity (Wildman–Crippen MR) is 140 cm³/mol. The highest BCUT2D eigenvalue weighted by molar-refractivity contribution is 5.76. The molecule has 0 amide bonds. The van der Waals surface area contributed by atoms with E-state index >= 15 is 0 Å². The van der Waals surface area contributed by atoms with Crippen LogP contribution in [0, 0.1) is 50.2 Å². The minimum Gasteiger partial charge on any atom is -0.466 e. The molecule has 5 rings (SSSR count). The Balaban J connectivity index is 1.55. The quantitative estimate of drug-likeness (QED) is 0.301. The minimum atomic E-state index is -0.334. The van der Waals surface area contributed by atoms with Gasteiger partial charge in [0.2, 0.25) is 0 Å². The summed E-state index contributed by atoms with van der Waals surface area (Å²) in [6, 6.07) is 0. The van der Waals surface area contributed by atoms with Crippen molar-refractivity contribution in [1.82, 2.24) is 0 Å². The molecule has 2 nitrogen and oxygen atoms in total. The summed E-state index contributed by atoms with van der Waals surface area (Å²) < 4.78 is 5.59. The van der Waals surface area contributed by atoms with Gasteiger partial charge in [-0.2, -0.15) is 0 Å². The third kappa shape index (κ3) is 3.08. The molecule has 3 unspecified atom stereocenters. The molecule has 0 N–H and O–H groups in total. The van der Waals surface area contributed by atoms with E-state index in [1.807, 2.05) is 6.92 Å². The fourth-order valence-electron chi connectivity index (χ4n) is 10.4. The lowest BCUT2D eigenvalue weighted by Gasteiger charge is -2.70. The Morgan fingerprint density at radius 1 is 0.971 bits per heavy atom.